The topological polar surface area (TPSA) is 0 Å². The Morgan fingerprint density at radius 3 is 1.10 bits per heavy atom. The van der Waals surface area contributed by atoms with E-state index in [1.165, 1.54) is 5.56 Å². The van der Waals surface area contributed by atoms with Crippen molar-refractivity contribution < 1.29 is 0 Å². The molecule has 1 aromatic carbocycles. The first-order valence-electron chi connectivity index (χ1n) is 5.33. The first-order chi connectivity index (χ1) is 9.64. The van der Waals surface area contributed by atoms with Gasteiger partial charge >= 0.3 is 0 Å². The standard InChI is InChI=1S/C7H8.P4S10/c1-7-5-3-2-4-6-7;5-1-9-2(6)12-3(7,10-1)14-4(8,11-1)13-2/h2-6H,1H3;. The van der Waals surface area contributed by atoms with E-state index in [1.54, 1.807) is 0 Å². The monoisotopic (exact) mass is 536 g/mol. The normalized spacial score (nSPS) is 46.7. The van der Waals surface area contributed by atoms with Crippen LogP contribution in [0.4, 0.5) is 0 Å². The van der Waals surface area contributed by atoms with Crippen LogP contribution in [0.5, 0.6) is 0 Å². The molecule has 0 aliphatic carbocycles. The molecular formula is C7H8P4S10. The number of hydrogen-bond acceptors (Lipinski definition) is 10. The van der Waals surface area contributed by atoms with Gasteiger partial charge in [-0.2, -0.15) is 0 Å². The smallest absolute Gasteiger partial charge is 0.0622 e. The van der Waals surface area contributed by atoms with Crippen LogP contribution in [0.15, 0.2) is 30.3 Å². The molecule has 0 nitrogen and oxygen atoms in total. The lowest BCUT2D eigenvalue weighted by atomic mass is 10.2. The summed E-state index contributed by atoms with van der Waals surface area (Å²) in [6.45, 7) is 2.08. The maximum atomic E-state index is 5.75. The van der Waals surface area contributed by atoms with Gasteiger partial charge in [0.25, 0.3) is 0 Å². The SMILES string of the molecule is Cc1ccccc1.S=P12SP3(=S)SP(=S)(S1)SP(=S)(S2)S3. The molecule has 4 bridgehead atoms. The van der Waals surface area contributed by atoms with Gasteiger partial charge in [-0.3, -0.25) is 0 Å². The molecular weight excluding hydrogens is 529 g/mol. The van der Waals surface area contributed by atoms with Crippen LogP contribution >= 0.6 is 80.6 Å². The van der Waals surface area contributed by atoms with Crippen molar-refractivity contribution in [2.75, 3.05) is 0 Å². The zero-order chi connectivity index (χ0) is 15.4. The number of aryl methyl sites for hydroxylation is 1. The Morgan fingerprint density at radius 1 is 0.619 bits per heavy atom. The minimum Gasteiger partial charge on any atom is -0.0622 e. The highest BCUT2D eigenvalue weighted by atomic mass is 34.1. The van der Waals surface area contributed by atoms with Crippen molar-refractivity contribution in [1.82, 2.24) is 0 Å². The summed E-state index contributed by atoms with van der Waals surface area (Å²) in [4.78, 5) is 0. The van der Waals surface area contributed by atoms with Crippen LogP contribution in [0.1, 0.15) is 5.56 Å². The highest BCUT2D eigenvalue weighted by molar-refractivity contribution is 9.83. The number of hydrogen-bond donors (Lipinski definition) is 0. The van der Waals surface area contributed by atoms with Crippen LogP contribution in [0.25, 0.3) is 0 Å². The van der Waals surface area contributed by atoms with E-state index in [1.807, 2.05) is 84.2 Å². The molecule has 0 N–H and O–H groups in total. The van der Waals surface area contributed by atoms with Gasteiger partial charge in [0.1, 0.15) is 14.6 Å². The molecule has 4 heterocycles. The highest BCUT2D eigenvalue weighted by Crippen LogP contribution is 3.30. The fourth-order valence-corrected chi connectivity index (χ4v) is 223. The van der Waals surface area contributed by atoms with Gasteiger partial charge in [-0.05, 0) is 72.9 Å². The van der Waals surface area contributed by atoms with Gasteiger partial charge in [0.05, 0.1) is 0 Å². The van der Waals surface area contributed by atoms with E-state index < -0.39 is 14.6 Å². The Labute approximate surface area is 168 Å². The lowest BCUT2D eigenvalue weighted by Gasteiger charge is -2.51. The van der Waals surface area contributed by atoms with Crippen molar-refractivity contribution in [3.63, 3.8) is 0 Å². The summed E-state index contributed by atoms with van der Waals surface area (Å²) >= 11 is 34.5. The summed E-state index contributed by atoms with van der Waals surface area (Å²) in [5.74, 6) is 0. The van der Waals surface area contributed by atoms with E-state index in [0.717, 1.165) is 0 Å². The van der Waals surface area contributed by atoms with Crippen molar-refractivity contribution in [2.45, 2.75) is 6.92 Å². The second-order valence-electron chi connectivity index (χ2n) is 3.93. The Hall–Kier alpha value is 3.92. The molecule has 4 saturated heterocycles. The van der Waals surface area contributed by atoms with Crippen molar-refractivity contribution in [3.8, 4) is 0 Å². The number of benzene rings is 1. The van der Waals surface area contributed by atoms with Crippen LogP contribution in [0.3, 0.4) is 0 Å². The third kappa shape index (κ3) is 5.01. The van der Waals surface area contributed by atoms with Gasteiger partial charge in [0.15, 0.2) is 0 Å². The largest absolute Gasteiger partial charge is 0.128 e. The molecule has 0 unspecified atom stereocenters. The summed E-state index contributed by atoms with van der Waals surface area (Å²) in [5.41, 5.74) is 1.32. The first kappa shape index (κ1) is 19.7. The average Bonchev–Trinajstić information content (AvgIpc) is 2.21. The van der Waals surface area contributed by atoms with E-state index in [0.29, 0.717) is 0 Å². The van der Waals surface area contributed by atoms with E-state index in [-0.39, 0.29) is 0 Å². The Bertz CT molecular complexity index is 605. The van der Waals surface area contributed by atoms with E-state index >= 15 is 0 Å². The third-order valence-electron chi connectivity index (χ3n) is 2.14. The molecule has 0 aromatic heterocycles. The van der Waals surface area contributed by atoms with Crippen LogP contribution in [0.2, 0.25) is 0 Å². The lowest BCUT2D eigenvalue weighted by molar-refractivity contribution is 1.48. The maximum Gasteiger partial charge on any atom is 0.128 e. The molecule has 1 aromatic rings. The summed E-state index contributed by atoms with van der Waals surface area (Å²) in [7, 11) is 0. The molecule has 21 heavy (non-hydrogen) atoms. The predicted molar refractivity (Wildman–Crippen MR) is 134 cm³/mol. The molecule has 0 radical (unpaired) electrons. The molecule has 0 spiro atoms. The quantitative estimate of drug-likeness (QED) is 0.293. The molecule has 0 atom stereocenters. The molecule has 14 heteroatoms. The summed E-state index contributed by atoms with van der Waals surface area (Å²) in [6, 6.07) is 10.3. The molecule has 0 amide bonds. The summed E-state index contributed by atoms with van der Waals surface area (Å²) in [6.07, 6.45) is 0. The zero-order valence-corrected chi connectivity index (χ0v) is 22.0. The second kappa shape index (κ2) is 7.15. The van der Waals surface area contributed by atoms with Crippen molar-refractivity contribution in [1.29, 1.82) is 0 Å². The van der Waals surface area contributed by atoms with Gasteiger partial charge in [-0.25, -0.2) is 0 Å². The van der Waals surface area contributed by atoms with Crippen molar-refractivity contribution in [2.24, 2.45) is 0 Å². The minimum absolute atomic E-state index is 1.32. The van der Waals surface area contributed by atoms with Gasteiger partial charge in [-0.15, -0.1) is 0 Å². The van der Waals surface area contributed by atoms with Crippen molar-refractivity contribution >= 4 is 128 Å². The van der Waals surface area contributed by atoms with Crippen molar-refractivity contribution in [3.05, 3.63) is 35.9 Å². The van der Waals surface area contributed by atoms with Crippen LogP contribution in [0, 0.1) is 6.92 Å². The first-order valence-corrected chi connectivity index (χ1v) is 28.7. The molecule has 0 saturated carbocycles. The Kier molecular flexibility index (Phi) is 6.70. The molecule has 4 aliphatic rings. The highest BCUT2D eigenvalue weighted by Gasteiger charge is 2.60. The van der Waals surface area contributed by atoms with E-state index in [2.05, 4.69) is 19.1 Å². The van der Waals surface area contributed by atoms with Crippen LogP contribution < -0.4 is 0 Å². The van der Waals surface area contributed by atoms with Gasteiger partial charge < -0.3 is 0 Å². The Balaban J connectivity index is 0.000000160. The van der Waals surface area contributed by atoms with Gasteiger partial charge in [0.2, 0.25) is 0 Å². The third-order valence-corrected chi connectivity index (χ3v) is 98.1. The summed E-state index contributed by atoms with van der Waals surface area (Å²) in [5, 5.41) is 0. The summed E-state index contributed by atoms with van der Waals surface area (Å²) < 4.78 is -5.64. The molecule has 4 fully saturated rings. The van der Waals surface area contributed by atoms with Crippen LogP contribution in [-0.4, -0.2) is 0 Å². The predicted octanol–water partition coefficient (Wildman–Crippen LogP) is 9.32. The van der Waals surface area contributed by atoms with Gasteiger partial charge in [-0.1, -0.05) is 83.1 Å². The lowest BCUT2D eigenvalue weighted by Crippen LogP contribution is -1.83. The molecule has 116 valence electrons. The van der Waals surface area contributed by atoms with Crippen LogP contribution in [-0.2, 0) is 47.2 Å². The fraction of sp³-hybridized carbons (Fsp3) is 0.143. The minimum atomic E-state index is -1.41. The van der Waals surface area contributed by atoms with Gasteiger partial charge in [0, 0.05) is 0 Å². The Morgan fingerprint density at radius 2 is 0.905 bits per heavy atom. The second-order valence-corrected chi connectivity index (χ2v) is 63.2. The zero-order valence-electron chi connectivity index (χ0n) is 10.3. The molecule has 4 aliphatic heterocycles. The van der Waals surface area contributed by atoms with E-state index in [9.17, 15) is 0 Å². The van der Waals surface area contributed by atoms with E-state index in [4.69, 9.17) is 47.2 Å². The fourth-order valence-electron chi connectivity index (χ4n) is 1.45. The maximum absolute atomic E-state index is 5.75. The average molecular weight is 537 g/mol. The molecule has 5 rings (SSSR count). The number of rotatable bonds is 0.